The molecule has 0 saturated heterocycles. The van der Waals surface area contributed by atoms with E-state index in [1.165, 1.54) is 42.7 Å². The van der Waals surface area contributed by atoms with E-state index in [0.717, 1.165) is 42.7 Å². The van der Waals surface area contributed by atoms with Crippen LogP contribution < -0.4 is 10.2 Å². The van der Waals surface area contributed by atoms with Gasteiger partial charge in [0.1, 0.15) is 5.82 Å². The summed E-state index contributed by atoms with van der Waals surface area (Å²) < 4.78 is 40.0. The van der Waals surface area contributed by atoms with Gasteiger partial charge in [-0.15, -0.1) is 0 Å². The number of carbonyl (C=O) groups excluding carboxylic acids is 3. The molecule has 1 aliphatic rings. The SMILES string of the molecule is CCCCCCNC(=O)c1ccc(N2C=CCN(C(=O)c3ccccc3C(F)(F)F)C2=O)nc1. The molecule has 2 heterocycles. The lowest BCUT2D eigenvalue weighted by Gasteiger charge is -2.30. The molecule has 34 heavy (non-hydrogen) atoms. The number of benzene rings is 1. The average Bonchev–Trinajstić information content (AvgIpc) is 2.83. The van der Waals surface area contributed by atoms with Crippen LogP contribution in [0.25, 0.3) is 0 Å². The molecule has 1 N–H and O–H groups in total. The van der Waals surface area contributed by atoms with E-state index in [2.05, 4.69) is 17.2 Å². The molecule has 0 radical (unpaired) electrons. The van der Waals surface area contributed by atoms with Crippen molar-refractivity contribution in [2.24, 2.45) is 0 Å². The van der Waals surface area contributed by atoms with Gasteiger partial charge in [0.05, 0.1) is 23.2 Å². The minimum absolute atomic E-state index is 0.127. The van der Waals surface area contributed by atoms with Gasteiger partial charge in [-0.25, -0.2) is 9.78 Å². The molecule has 1 aromatic heterocycles. The molecule has 2 aromatic rings. The number of hydrogen-bond donors (Lipinski definition) is 1. The van der Waals surface area contributed by atoms with E-state index in [1.807, 2.05) is 0 Å². The molecule has 0 atom stereocenters. The second-order valence-corrected chi connectivity index (χ2v) is 7.72. The number of rotatable bonds is 8. The summed E-state index contributed by atoms with van der Waals surface area (Å²) in [5.41, 5.74) is -1.42. The predicted molar refractivity (Wildman–Crippen MR) is 120 cm³/mol. The fourth-order valence-corrected chi connectivity index (χ4v) is 3.45. The molecule has 0 aliphatic carbocycles. The van der Waals surface area contributed by atoms with Gasteiger partial charge in [0.2, 0.25) is 0 Å². The third-order valence-electron chi connectivity index (χ3n) is 5.26. The van der Waals surface area contributed by atoms with E-state index < -0.39 is 29.2 Å². The van der Waals surface area contributed by atoms with Crippen molar-refractivity contribution >= 4 is 23.7 Å². The molecule has 7 nitrogen and oxygen atoms in total. The predicted octanol–water partition coefficient (Wildman–Crippen LogP) is 5.01. The van der Waals surface area contributed by atoms with Gasteiger partial charge in [0, 0.05) is 18.9 Å². The van der Waals surface area contributed by atoms with Crippen molar-refractivity contribution in [3.05, 3.63) is 71.6 Å². The zero-order valence-electron chi connectivity index (χ0n) is 18.6. The minimum Gasteiger partial charge on any atom is -0.352 e. The summed E-state index contributed by atoms with van der Waals surface area (Å²) in [5, 5.41) is 2.80. The van der Waals surface area contributed by atoms with Gasteiger partial charge in [-0.05, 0) is 36.8 Å². The second-order valence-electron chi connectivity index (χ2n) is 7.72. The highest BCUT2D eigenvalue weighted by Crippen LogP contribution is 2.33. The average molecular weight is 474 g/mol. The van der Waals surface area contributed by atoms with Crippen molar-refractivity contribution in [1.29, 1.82) is 0 Å². The highest BCUT2D eigenvalue weighted by Gasteiger charge is 2.38. The molecule has 0 bridgehead atoms. The van der Waals surface area contributed by atoms with Gasteiger partial charge < -0.3 is 5.32 Å². The lowest BCUT2D eigenvalue weighted by atomic mass is 10.1. The van der Waals surface area contributed by atoms with Crippen LogP contribution in [0.2, 0.25) is 0 Å². The summed E-state index contributed by atoms with van der Waals surface area (Å²) in [4.78, 5) is 43.9. The number of urea groups is 1. The van der Waals surface area contributed by atoms with Crippen molar-refractivity contribution in [3.8, 4) is 0 Å². The molecule has 0 unspecified atom stereocenters. The first-order valence-electron chi connectivity index (χ1n) is 11.0. The van der Waals surface area contributed by atoms with Crippen LogP contribution in [0.3, 0.4) is 0 Å². The maximum Gasteiger partial charge on any atom is 0.417 e. The molecule has 4 amide bonds. The normalized spacial score (nSPS) is 13.8. The Labute approximate surface area is 195 Å². The molecule has 1 aromatic carbocycles. The van der Waals surface area contributed by atoms with Crippen LogP contribution in [0.4, 0.5) is 23.8 Å². The van der Waals surface area contributed by atoms with Crippen molar-refractivity contribution < 1.29 is 27.6 Å². The summed E-state index contributed by atoms with van der Waals surface area (Å²) in [6, 6.07) is 6.40. The summed E-state index contributed by atoms with van der Waals surface area (Å²) >= 11 is 0. The highest BCUT2D eigenvalue weighted by molar-refractivity contribution is 6.10. The van der Waals surface area contributed by atoms with Crippen molar-refractivity contribution in [3.63, 3.8) is 0 Å². The van der Waals surface area contributed by atoms with E-state index in [4.69, 9.17) is 0 Å². The maximum absolute atomic E-state index is 13.3. The first-order valence-corrected chi connectivity index (χ1v) is 11.0. The van der Waals surface area contributed by atoms with Crippen LogP contribution >= 0.6 is 0 Å². The zero-order valence-corrected chi connectivity index (χ0v) is 18.6. The number of nitrogens with one attached hydrogen (secondary N) is 1. The van der Waals surface area contributed by atoms with Crippen molar-refractivity contribution in [2.75, 3.05) is 18.0 Å². The highest BCUT2D eigenvalue weighted by atomic mass is 19.4. The Kier molecular flexibility index (Phi) is 8.04. The Morgan fingerprint density at radius 3 is 2.53 bits per heavy atom. The van der Waals surface area contributed by atoms with E-state index in [-0.39, 0.29) is 18.3 Å². The van der Waals surface area contributed by atoms with Crippen LogP contribution in [0.1, 0.15) is 58.9 Å². The van der Waals surface area contributed by atoms with Crippen LogP contribution in [0.15, 0.2) is 54.9 Å². The van der Waals surface area contributed by atoms with Gasteiger partial charge in [-0.2, -0.15) is 13.2 Å². The number of halogens is 3. The van der Waals surface area contributed by atoms with Crippen LogP contribution in [-0.4, -0.2) is 40.8 Å². The fraction of sp³-hybridized carbons (Fsp3) is 0.333. The number of amides is 4. The number of aromatic nitrogens is 1. The Bertz CT molecular complexity index is 1070. The van der Waals surface area contributed by atoms with Crippen LogP contribution in [0, 0.1) is 0 Å². The Balaban J connectivity index is 1.71. The maximum atomic E-state index is 13.3. The van der Waals surface area contributed by atoms with Gasteiger partial charge in [0.15, 0.2) is 0 Å². The minimum atomic E-state index is -4.74. The molecule has 0 fully saturated rings. The van der Waals surface area contributed by atoms with Gasteiger partial charge in [-0.1, -0.05) is 38.3 Å². The smallest absolute Gasteiger partial charge is 0.352 e. The molecule has 180 valence electrons. The molecule has 3 rings (SSSR count). The molecule has 10 heteroatoms. The number of hydrogen-bond acceptors (Lipinski definition) is 4. The number of alkyl halides is 3. The number of pyridine rings is 1. The topological polar surface area (TPSA) is 82.6 Å². The summed E-state index contributed by atoms with van der Waals surface area (Å²) in [6.45, 7) is 2.47. The summed E-state index contributed by atoms with van der Waals surface area (Å²) in [5.74, 6) is -1.23. The Morgan fingerprint density at radius 1 is 1.09 bits per heavy atom. The number of anilines is 1. The Morgan fingerprint density at radius 2 is 1.85 bits per heavy atom. The van der Waals surface area contributed by atoms with Crippen molar-refractivity contribution in [2.45, 2.75) is 38.8 Å². The van der Waals surface area contributed by atoms with E-state index in [0.29, 0.717) is 17.0 Å². The number of carbonyl (C=O) groups is 3. The standard InChI is InChI=1S/C24H25F3N4O3/c1-2-3-4-7-13-28-21(32)17-11-12-20(29-16-17)30-14-8-15-31(23(30)34)22(33)18-9-5-6-10-19(18)24(25,26)27/h5-6,8-12,14,16H,2-4,7,13,15H2,1H3,(H,28,32). The van der Waals surface area contributed by atoms with Gasteiger partial charge in [0.25, 0.3) is 11.8 Å². The molecular formula is C24H25F3N4O3. The second kappa shape index (κ2) is 11.0. The van der Waals surface area contributed by atoms with Crippen LogP contribution in [-0.2, 0) is 6.18 Å². The van der Waals surface area contributed by atoms with Gasteiger partial charge in [-0.3, -0.25) is 19.4 Å². The van der Waals surface area contributed by atoms with Crippen LogP contribution in [0.5, 0.6) is 0 Å². The number of imide groups is 1. The quantitative estimate of drug-likeness (QED) is 0.546. The van der Waals surface area contributed by atoms with E-state index in [9.17, 15) is 27.6 Å². The lowest BCUT2D eigenvalue weighted by molar-refractivity contribution is -0.138. The molecule has 1 aliphatic heterocycles. The molecule has 0 spiro atoms. The molecule has 0 saturated carbocycles. The third-order valence-corrected chi connectivity index (χ3v) is 5.26. The summed E-state index contributed by atoms with van der Waals surface area (Å²) in [6.07, 6.45) is 3.52. The Hall–Kier alpha value is -3.69. The van der Waals surface area contributed by atoms with E-state index in [1.54, 1.807) is 0 Å². The third kappa shape index (κ3) is 5.81. The fourth-order valence-electron chi connectivity index (χ4n) is 3.45. The first kappa shape index (κ1) is 24.9. The van der Waals surface area contributed by atoms with Gasteiger partial charge >= 0.3 is 12.2 Å². The first-order chi connectivity index (χ1) is 16.2. The zero-order chi connectivity index (χ0) is 24.7. The lowest BCUT2D eigenvalue weighted by Crippen LogP contribution is -2.47. The largest absolute Gasteiger partial charge is 0.417 e. The summed E-state index contributed by atoms with van der Waals surface area (Å²) in [7, 11) is 0. The van der Waals surface area contributed by atoms with Crippen molar-refractivity contribution in [1.82, 2.24) is 15.2 Å². The monoisotopic (exact) mass is 474 g/mol. The number of unbranched alkanes of at least 4 members (excludes halogenated alkanes) is 3. The molecular weight excluding hydrogens is 449 g/mol. The van der Waals surface area contributed by atoms with E-state index >= 15 is 0 Å². The number of nitrogens with zero attached hydrogens (tertiary/aromatic N) is 3.